The Kier molecular flexibility index (Phi) is 8.91. The van der Waals surface area contributed by atoms with Crippen LogP contribution in [0.25, 0.3) is 0 Å². The van der Waals surface area contributed by atoms with Gasteiger partial charge in [-0.2, -0.15) is 0 Å². The maximum absolute atomic E-state index is 4.58. The second-order valence-corrected chi connectivity index (χ2v) is 5.11. The van der Waals surface area contributed by atoms with Gasteiger partial charge in [-0.15, -0.1) is 6.58 Å². The van der Waals surface area contributed by atoms with E-state index in [1.165, 1.54) is 0 Å². The van der Waals surface area contributed by atoms with Crippen LogP contribution in [-0.4, -0.2) is 48.1 Å². The molecule has 0 aliphatic rings. The fraction of sp³-hybridized carbons (Fsp3) is 0.529. The van der Waals surface area contributed by atoms with Crippen LogP contribution in [0.1, 0.15) is 26.5 Å². The molecular formula is C17H29N5. The summed E-state index contributed by atoms with van der Waals surface area (Å²) in [4.78, 5) is 11.3. The number of nitrogens with one attached hydrogen (secondary N) is 2. The Morgan fingerprint density at radius 2 is 2.14 bits per heavy atom. The minimum absolute atomic E-state index is 0.459. The van der Waals surface area contributed by atoms with E-state index in [9.17, 15) is 0 Å². The number of aliphatic imine (C=N–C) groups is 1. The summed E-state index contributed by atoms with van der Waals surface area (Å²) in [7, 11) is 0. The molecule has 0 saturated carbocycles. The van der Waals surface area contributed by atoms with Crippen molar-refractivity contribution in [2.45, 2.75) is 33.4 Å². The fourth-order valence-corrected chi connectivity index (χ4v) is 2.22. The molecule has 22 heavy (non-hydrogen) atoms. The number of rotatable bonds is 9. The van der Waals surface area contributed by atoms with Crippen LogP contribution < -0.4 is 10.6 Å². The van der Waals surface area contributed by atoms with Crippen molar-refractivity contribution in [3.8, 4) is 0 Å². The van der Waals surface area contributed by atoms with E-state index in [0.717, 1.165) is 31.3 Å². The second kappa shape index (κ2) is 10.8. The van der Waals surface area contributed by atoms with E-state index in [1.54, 1.807) is 6.20 Å². The van der Waals surface area contributed by atoms with Gasteiger partial charge in [0.25, 0.3) is 0 Å². The Hall–Kier alpha value is -1.88. The highest BCUT2D eigenvalue weighted by Gasteiger charge is 2.10. The van der Waals surface area contributed by atoms with Crippen molar-refractivity contribution < 1.29 is 0 Å². The number of guanidine groups is 1. The highest BCUT2D eigenvalue weighted by Crippen LogP contribution is 1.98. The molecule has 0 aliphatic carbocycles. The van der Waals surface area contributed by atoms with E-state index in [4.69, 9.17) is 0 Å². The molecule has 0 fully saturated rings. The van der Waals surface area contributed by atoms with Crippen molar-refractivity contribution in [1.29, 1.82) is 0 Å². The molecule has 1 heterocycles. The van der Waals surface area contributed by atoms with Crippen LogP contribution in [0.15, 0.2) is 42.0 Å². The number of pyridine rings is 1. The Bertz CT molecular complexity index is 440. The summed E-state index contributed by atoms with van der Waals surface area (Å²) in [5.41, 5.74) is 0.957. The van der Waals surface area contributed by atoms with Gasteiger partial charge in [0, 0.05) is 25.3 Å². The summed E-state index contributed by atoms with van der Waals surface area (Å²) >= 11 is 0. The lowest BCUT2D eigenvalue weighted by atomic mass is 10.3. The number of hydrogen-bond donors (Lipinski definition) is 2. The average molecular weight is 303 g/mol. The van der Waals surface area contributed by atoms with Crippen LogP contribution in [0.5, 0.6) is 0 Å². The van der Waals surface area contributed by atoms with Crippen LogP contribution >= 0.6 is 0 Å². The van der Waals surface area contributed by atoms with E-state index in [2.05, 4.69) is 52.9 Å². The summed E-state index contributed by atoms with van der Waals surface area (Å²) in [5, 5.41) is 6.64. The zero-order chi connectivity index (χ0) is 16.2. The van der Waals surface area contributed by atoms with Gasteiger partial charge in [0.05, 0.1) is 12.2 Å². The number of aromatic nitrogens is 1. The fourth-order valence-electron chi connectivity index (χ4n) is 2.22. The molecule has 122 valence electrons. The minimum Gasteiger partial charge on any atom is -0.355 e. The standard InChI is InChI=1S/C17H29N5/c1-5-11-19-17(20-13-15(4)22(6-2)7-3)21-14-16-10-8-9-12-18-16/h5,8-10,12,15H,1,6-7,11,13-14H2,2-4H3,(H2,19,20,21). The lowest BCUT2D eigenvalue weighted by molar-refractivity contribution is 0.231. The molecule has 1 unspecified atom stereocenters. The second-order valence-electron chi connectivity index (χ2n) is 5.11. The van der Waals surface area contributed by atoms with Crippen molar-refractivity contribution in [2.24, 2.45) is 4.99 Å². The number of nitrogens with zero attached hydrogens (tertiary/aromatic N) is 3. The van der Waals surface area contributed by atoms with Crippen molar-refractivity contribution in [2.75, 3.05) is 26.2 Å². The first-order chi connectivity index (χ1) is 10.7. The van der Waals surface area contributed by atoms with Crippen molar-refractivity contribution in [3.63, 3.8) is 0 Å². The Balaban J connectivity index is 2.57. The largest absolute Gasteiger partial charge is 0.355 e. The normalized spacial score (nSPS) is 13.0. The predicted octanol–water partition coefficient (Wildman–Crippen LogP) is 2.03. The number of hydrogen-bond acceptors (Lipinski definition) is 3. The van der Waals surface area contributed by atoms with E-state index < -0.39 is 0 Å². The van der Waals surface area contributed by atoms with Gasteiger partial charge in [0.2, 0.25) is 0 Å². The quantitative estimate of drug-likeness (QED) is 0.416. The van der Waals surface area contributed by atoms with Gasteiger partial charge >= 0.3 is 0 Å². The van der Waals surface area contributed by atoms with Crippen LogP contribution in [0.2, 0.25) is 0 Å². The summed E-state index contributed by atoms with van der Waals surface area (Å²) in [6.45, 7) is 14.5. The van der Waals surface area contributed by atoms with Crippen molar-refractivity contribution >= 4 is 5.96 Å². The maximum Gasteiger partial charge on any atom is 0.191 e. The van der Waals surface area contributed by atoms with Crippen molar-refractivity contribution in [1.82, 2.24) is 20.5 Å². The smallest absolute Gasteiger partial charge is 0.191 e. The molecule has 0 amide bonds. The summed E-state index contributed by atoms with van der Waals surface area (Å²) in [5.74, 6) is 0.796. The van der Waals surface area contributed by atoms with Crippen LogP contribution in [0.3, 0.4) is 0 Å². The third-order valence-electron chi connectivity index (χ3n) is 3.54. The van der Waals surface area contributed by atoms with Gasteiger partial charge in [-0.3, -0.25) is 9.88 Å². The van der Waals surface area contributed by atoms with E-state index in [-0.39, 0.29) is 0 Å². The molecule has 0 bridgehead atoms. The third-order valence-corrected chi connectivity index (χ3v) is 3.54. The zero-order valence-electron chi connectivity index (χ0n) is 14.0. The van der Waals surface area contributed by atoms with E-state index >= 15 is 0 Å². The third kappa shape index (κ3) is 6.72. The molecule has 1 aromatic heterocycles. The van der Waals surface area contributed by atoms with Gasteiger partial charge in [0.15, 0.2) is 5.96 Å². The van der Waals surface area contributed by atoms with E-state index in [0.29, 0.717) is 19.1 Å². The van der Waals surface area contributed by atoms with E-state index in [1.807, 2.05) is 24.3 Å². The predicted molar refractivity (Wildman–Crippen MR) is 94.0 cm³/mol. The molecule has 1 aromatic rings. The van der Waals surface area contributed by atoms with Gasteiger partial charge < -0.3 is 10.6 Å². The number of likely N-dealkylation sites (N-methyl/N-ethyl adjacent to an activating group) is 1. The van der Waals surface area contributed by atoms with Crippen molar-refractivity contribution in [3.05, 3.63) is 42.7 Å². The Morgan fingerprint density at radius 3 is 2.73 bits per heavy atom. The van der Waals surface area contributed by atoms with Crippen LogP contribution in [0.4, 0.5) is 0 Å². The summed E-state index contributed by atoms with van der Waals surface area (Å²) in [6, 6.07) is 6.33. The molecule has 0 aliphatic heterocycles. The lowest BCUT2D eigenvalue weighted by Crippen LogP contribution is -2.46. The lowest BCUT2D eigenvalue weighted by Gasteiger charge is -2.27. The Morgan fingerprint density at radius 1 is 1.36 bits per heavy atom. The molecule has 0 saturated heterocycles. The van der Waals surface area contributed by atoms with Gasteiger partial charge in [0.1, 0.15) is 0 Å². The molecule has 5 nitrogen and oxygen atoms in total. The van der Waals surface area contributed by atoms with Crippen LogP contribution in [0, 0.1) is 0 Å². The molecule has 0 radical (unpaired) electrons. The topological polar surface area (TPSA) is 52.6 Å². The molecule has 0 spiro atoms. The van der Waals surface area contributed by atoms with Gasteiger partial charge in [-0.25, -0.2) is 4.99 Å². The SMILES string of the molecule is C=CCNC(=NCc1ccccn1)NCC(C)N(CC)CC. The highest BCUT2D eigenvalue weighted by atomic mass is 15.2. The molecule has 1 atom stereocenters. The molecular weight excluding hydrogens is 274 g/mol. The van der Waals surface area contributed by atoms with Gasteiger partial charge in [-0.05, 0) is 32.1 Å². The minimum atomic E-state index is 0.459. The first-order valence-electron chi connectivity index (χ1n) is 7.98. The van der Waals surface area contributed by atoms with Gasteiger partial charge in [-0.1, -0.05) is 26.0 Å². The molecule has 5 heteroatoms. The zero-order valence-corrected chi connectivity index (χ0v) is 14.0. The maximum atomic E-state index is 4.58. The monoisotopic (exact) mass is 303 g/mol. The molecule has 0 aromatic carbocycles. The first-order valence-corrected chi connectivity index (χ1v) is 7.98. The molecule has 1 rings (SSSR count). The summed E-state index contributed by atoms with van der Waals surface area (Å²) in [6.07, 6.45) is 3.61. The average Bonchev–Trinajstić information content (AvgIpc) is 2.56. The first kappa shape index (κ1) is 18.2. The van der Waals surface area contributed by atoms with Crippen LogP contribution in [-0.2, 0) is 6.54 Å². The Labute approximate surface area is 134 Å². The summed E-state index contributed by atoms with van der Waals surface area (Å²) < 4.78 is 0. The highest BCUT2D eigenvalue weighted by molar-refractivity contribution is 5.79. The molecule has 2 N–H and O–H groups in total.